The molecule has 0 aromatic rings. The van der Waals surface area contributed by atoms with Crippen molar-refractivity contribution in [3.8, 4) is 0 Å². The first-order chi connectivity index (χ1) is 11.8. The summed E-state index contributed by atoms with van der Waals surface area (Å²) in [5.74, 6) is -1.82. The van der Waals surface area contributed by atoms with E-state index >= 15 is 0 Å². The highest BCUT2D eigenvalue weighted by Gasteiger charge is 2.38. The molecule has 156 valence electrons. The summed E-state index contributed by atoms with van der Waals surface area (Å²) in [7, 11) is 2.09. The lowest BCUT2D eigenvalue weighted by Gasteiger charge is -2.27. The maximum Gasteiger partial charge on any atom is 0.490 e. The zero-order valence-electron chi connectivity index (χ0n) is 14.3. The van der Waals surface area contributed by atoms with E-state index in [-0.39, 0.29) is 0 Å². The molecule has 3 N–H and O–H groups in total. The van der Waals surface area contributed by atoms with Crippen LogP contribution >= 0.6 is 11.8 Å². The van der Waals surface area contributed by atoms with Gasteiger partial charge in [0.15, 0.2) is 0 Å². The van der Waals surface area contributed by atoms with Gasteiger partial charge in [-0.25, -0.2) is 9.59 Å². The summed E-state index contributed by atoms with van der Waals surface area (Å²) in [6.45, 7) is 2.25. The summed E-state index contributed by atoms with van der Waals surface area (Å²) in [5.41, 5.74) is 0. The van der Waals surface area contributed by atoms with Gasteiger partial charge in [-0.1, -0.05) is 6.92 Å². The number of carboxylic acids is 2. The van der Waals surface area contributed by atoms with Crippen molar-refractivity contribution in [2.75, 3.05) is 18.6 Å². The van der Waals surface area contributed by atoms with Crippen molar-refractivity contribution in [1.82, 2.24) is 5.32 Å². The average molecular weight is 415 g/mol. The third-order valence-corrected chi connectivity index (χ3v) is 4.41. The average Bonchev–Trinajstić information content (AvgIpc) is 2.52. The SMILES string of the molecule is CCSCC1CCC(NC)CC1.O=C(O)C(F)(F)F.O=C(O)C(F)(F)F. The first-order valence-electron chi connectivity index (χ1n) is 7.60. The number of rotatable bonds is 4. The van der Waals surface area contributed by atoms with E-state index in [1.54, 1.807) is 0 Å². The Labute approximate surface area is 151 Å². The molecule has 1 saturated carbocycles. The van der Waals surface area contributed by atoms with E-state index < -0.39 is 24.3 Å². The molecule has 0 atom stereocenters. The van der Waals surface area contributed by atoms with Crippen LogP contribution in [-0.2, 0) is 9.59 Å². The number of hydrogen-bond acceptors (Lipinski definition) is 4. The Morgan fingerprint density at radius 3 is 1.54 bits per heavy atom. The van der Waals surface area contributed by atoms with Crippen molar-refractivity contribution in [3.05, 3.63) is 0 Å². The van der Waals surface area contributed by atoms with E-state index in [1.165, 1.54) is 37.2 Å². The fraction of sp³-hybridized carbons (Fsp3) is 0.857. The molecule has 12 heteroatoms. The number of hydrogen-bond donors (Lipinski definition) is 3. The molecular weight excluding hydrogens is 392 g/mol. The molecule has 0 unspecified atom stereocenters. The predicted octanol–water partition coefficient (Wildman–Crippen LogP) is 3.78. The predicted molar refractivity (Wildman–Crippen MR) is 85.2 cm³/mol. The molecule has 1 rings (SSSR count). The highest BCUT2D eigenvalue weighted by molar-refractivity contribution is 7.99. The van der Waals surface area contributed by atoms with Crippen molar-refractivity contribution in [3.63, 3.8) is 0 Å². The molecule has 0 bridgehead atoms. The summed E-state index contributed by atoms with van der Waals surface area (Å²) >= 11 is 2.10. The van der Waals surface area contributed by atoms with Gasteiger partial charge in [0.05, 0.1) is 0 Å². The van der Waals surface area contributed by atoms with Crippen LogP contribution < -0.4 is 5.32 Å². The monoisotopic (exact) mass is 415 g/mol. The zero-order valence-corrected chi connectivity index (χ0v) is 15.1. The number of aliphatic carboxylic acids is 2. The third kappa shape index (κ3) is 15.1. The van der Waals surface area contributed by atoms with E-state index in [1.807, 2.05) is 0 Å². The summed E-state index contributed by atoms with van der Waals surface area (Å²) in [6, 6.07) is 0.813. The quantitative estimate of drug-likeness (QED) is 0.606. The van der Waals surface area contributed by atoms with Gasteiger partial charge < -0.3 is 15.5 Å². The number of thioether (sulfide) groups is 1. The molecule has 0 amide bonds. The summed E-state index contributed by atoms with van der Waals surface area (Å²) in [5, 5.41) is 17.6. The lowest BCUT2D eigenvalue weighted by molar-refractivity contribution is -0.193. The summed E-state index contributed by atoms with van der Waals surface area (Å²) in [4.78, 5) is 17.8. The van der Waals surface area contributed by atoms with Crippen LogP contribution in [0.3, 0.4) is 0 Å². The molecule has 0 heterocycles. The first kappa shape index (κ1) is 27.1. The number of alkyl halides is 6. The lowest BCUT2D eigenvalue weighted by Crippen LogP contribution is -2.30. The van der Waals surface area contributed by atoms with E-state index in [2.05, 4.69) is 31.1 Å². The van der Waals surface area contributed by atoms with Gasteiger partial charge in [-0.3, -0.25) is 0 Å². The van der Waals surface area contributed by atoms with Crippen molar-refractivity contribution < 1.29 is 46.1 Å². The van der Waals surface area contributed by atoms with Gasteiger partial charge in [0.1, 0.15) is 0 Å². The maximum atomic E-state index is 10.6. The summed E-state index contributed by atoms with van der Waals surface area (Å²) < 4.78 is 63.5. The van der Waals surface area contributed by atoms with Gasteiger partial charge in [0, 0.05) is 6.04 Å². The molecular formula is C14H23F6NO4S. The minimum atomic E-state index is -5.08. The molecule has 0 aliphatic heterocycles. The topological polar surface area (TPSA) is 86.6 Å². The number of carbonyl (C=O) groups is 2. The molecule has 26 heavy (non-hydrogen) atoms. The second-order valence-corrected chi connectivity index (χ2v) is 6.59. The standard InChI is InChI=1S/C10H21NS.2C2HF3O2/c1-3-12-8-9-4-6-10(11-2)7-5-9;2*3-2(4,5)1(6)7/h9-11H,3-8H2,1-2H3;2*(H,6,7). The van der Waals surface area contributed by atoms with Gasteiger partial charge in [-0.05, 0) is 50.2 Å². The van der Waals surface area contributed by atoms with Crippen LogP contribution in [-0.4, -0.2) is 59.1 Å². The fourth-order valence-electron chi connectivity index (χ4n) is 1.90. The van der Waals surface area contributed by atoms with E-state index in [0.29, 0.717) is 0 Å². The molecule has 0 saturated heterocycles. The van der Waals surface area contributed by atoms with Crippen molar-refractivity contribution in [2.24, 2.45) is 5.92 Å². The Kier molecular flexibility index (Phi) is 13.6. The molecule has 1 aliphatic carbocycles. The molecule has 1 fully saturated rings. The second-order valence-electron chi connectivity index (χ2n) is 5.27. The largest absolute Gasteiger partial charge is 0.490 e. The molecule has 0 radical (unpaired) electrons. The van der Waals surface area contributed by atoms with Crippen LogP contribution in [0.2, 0.25) is 0 Å². The Bertz CT molecular complexity index is 385. The normalized spacial score (nSPS) is 20.2. The van der Waals surface area contributed by atoms with Crippen LogP contribution in [0.5, 0.6) is 0 Å². The number of halogens is 6. The smallest absolute Gasteiger partial charge is 0.475 e. The Hall–Kier alpha value is -1.17. The second kappa shape index (κ2) is 13.1. The maximum absolute atomic E-state index is 10.6. The Morgan fingerprint density at radius 2 is 1.31 bits per heavy atom. The number of carboxylic acid groups (broad SMARTS) is 2. The molecule has 5 nitrogen and oxygen atoms in total. The third-order valence-electron chi connectivity index (χ3n) is 3.30. The molecule has 0 spiro atoms. The highest BCUT2D eigenvalue weighted by Crippen LogP contribution is 2.26. The first-order valence-corrected chi connectivity index (χ1v) is 8.76. The van der Waals surface area contributed by atoms with Crippen LogP contribution in [0.25, 0.3) is 0 Å². The molecule has 0 aromatic heterocycles. The van der Waals surface area contributed by atoms with Crippen LogP contribution in [0.4, 0.5) is 26.3 Å². The van der Waals surface area contributed by atoms with E-state index in [0.717, 1.165) is 12.0 Å². The van der Waals surface area contributed by atoms with Crippen LogP contribution in [0.15, 0.2) is 0 Å². The zero-order chi connectivity index (χ0) is 21.0. The molecule has 0 aromatic carbocycles. The Morgan fingerprint density at radius 1 is 0.962 bits per heavy atom. The minimum absolute atomic E-state index is 0.813. The van der Waals surface area contributed by atoms with Gasteiger partial charge in [0.25, 0.3) is 0 Å². The summed E-state index contributed by atoms with van der Waals surface area (Å²) in [6.07, 6.45) is -4.49. The van der Waals surface area contributed by atoms with E-state index in [9.17, 15) is 26.3 Å². The van der Waals surface area contributed by atoms with Gasteiger partial charge >= 0.3 is 24.3 Å². The van der Waals surface area contributed by atoms with Crippen molar-refractivity contribution >= 4 is 23.7 Å². The van der Waals surface area contributed by atoms with Gasteiger partial charge in [-0.2, -0.15) is 38.1 Å². The van der Waals surface area contributed by atoms with Crippen LogP contribution in [0.1, 0.15) is 32.6 Å². The number of nitrogens with one attached hydrogen (secondary N) is 1. The van der Waals surface area contributed by atoms with E-state index in [4.69, 9.17) is 19.8 Å². The molecule has 1 aliphatic rings. The van der Waals surface area contributed by atoms with Gasteiger partial charge in [-0.15, -0.1) is 0 Å². The van der Waals surface area contributed by atoms with Crippen molar-refractivity contribution in [1.29, 1.82) is 0 Å². The van der Waals surface area contributed by atoms with Gasteiger partial charge in [0.2, 0.25) is 0 Å². The lowest BCUT2D eigenvalue weighted by atomic mass is 9.87. The van der Waals surface area contributed by atoms with Crippen molar-refractivity contribution in [2.45, 2.75) is 51.0 Å². The minimum Gasteiger partial charge on any atom is -0.475 e. The Balaban J connectivity index is 0. The van der Waals surface area contributed by atoms with Crippen LogP contribution in [0, 0.1) is 5.92 Å². The fourth-order valence-corrected chi connectivity index (χ4v) is 2.80. The highest BCUT2D eigenvalue weighted by atomic mass is 32.2.